The molecule has 0 saturated heterocycles. The van der Waals surface area contributed by atoms with E-state index in [9.17, 15) is 4.79 Å². The van der Waals surface area contributed by atoms with Gasteiger partial charge in [-0.3, -0.25) is 4.79 Å². The molecule has 0 atom stereocenters. The average Bonchev–Trinajstić information content (AvgIpc) is 2.76. The van der Waals surface area contributed by atoms with Crippen LogP contribution in [0.1, 0.15) is 16.1 Å². The lowest BCUT2D eigenvalue weighted by molar-refractivity contribution is 0.0996. The third-order valence-electron chi connectivity index (χ3n) is 2.42. The van der Waals surface area contributed by atoms with Gasteiger partial charge in [0.2, 0.25) is 0 Å². The Morgan fingerprint density at radius 3 is 2.47 bits per heavy atom. The van der Waals surface area contributed by atoms with Crippen LogP contribution in [0.5, 0.6) is 0 Å². The maximum atomic E-state index is 11.8. The van der Waals surface area contributed by atoms with Crippen LogP contribution in [0, 0.1) is 6.92 Å². The fraction of sp³-hybridized carbons (Fsp3) is 0.154. The fourth-order valence-electron chi connectivity index (χ4n) is 1.47. The van der Waals surface area contributed by atoms with Gasteiger partial charge in [0.05, 0.1) is 6.26 Å². The molecule has 1 heterocycles. The highest BCUT2D eigenvalue weighted by Crippen LogP contribution is 2.18. The third kappa shape index (κ3) is 2.71. The second-order valence-corrected chi connectivity index (χ2v) is 4.50. The van der Waals surface area contributed by atoms with Crippen LogP contribution in [-0.4, -0.2) is 12.2 Å². The Hall–Kier alpha value is -1.68. The molecule has 0 spiro atoms. The van der Waals surface area contributed by atoms with E-state index in [0.717, 1.165) is 16.1 Å². The van der Waals surface area contributed by atoms with Gasteiger partial charge in [-0.25, -0.2) is 0 Å². The minimum atomic E-state index is -0.218. The van der Waals surface area contributed by atoms with Crippen molar-refractivity contribution in [1.29, 1.82) is 0 Å². The highest BCUT2D eigenvalue weighted by Gasteiger charge is 2.12. The summed E-state index contributed by atoms with van der Waals surface area (Å²) in [5.41, 5.74) is 1.60. The van der Waals surface area contributed by atoms with Gasteiger partial charge in [-0.1, -0.05) is 0 Å². The molecule has 0 radical (unpaired) electrons. The van der Waals surface area contributed by atoms with E-state index in [-0.39, 0.29) is 5.91 Å². The minimum Gasteiger partial charge on any atom is -0.459 e. The maximum Gasteiger partial charge on any atom is 0.291 e. The number of carbonyl (C=O) groups is 1. The summed E-state index contributed by atoms with van der Waals surface area (Å²) < 4.78 is 5.13. The largest absolute Gasteiger partial charge is 0.459 e. The van der Waals surface area contributed by atoms with E-state index >= 15 is 0 Å². The van der Waals surface area contributed by atoms with Gasteiger partial charge in [0.15, 0.2) is 5.76 Å². The molecule has 0 saturated carbocycles. The summed E-state index contributed by atoms with van der Waals surface area (Å²) in [6.45, 7) is 1.84. The first-order valence-corrected chi connectivity index (χ1v) is 6.42. The highest BCUT2D eigenvalue weighted by molar-refractivity contribution is 7.98. The fourth-order valence-corrected chi connectivity index (χ4v) is 1.88. The summed E-state index contributed by atoms with van der Waals surface area (Å²) in [5.74, 6) is 0.142. The topological polar surface area (TPSA) is 42.2 Å². The number of furan rings is 1. The Labute approximate surface area is 104 Å². The van der Waals surface area contributed by atoms with Gasteiger partial charge in [0.1, 0.15) is 0 Å². The van der Waals surface area contributed by atoms with E-state index in [2.05, 4.69) is 5.32 Å². The van der Waals surface area contributed by atoms with E-state index in [4.69, 9.17) is 4.42 Å². The second-order valence-electron chi connectivity index (χ2n) is 3.62. The average molecular weight is 247 g/mol. The molecule has 0 aliphatic carbocycles. The zero-order chi connectivity index (χ0) is 12.3. The smallest absolute Gasteiger partial charge is 0.291 e. The molecule has 1 N–H and O–H groups in total. The molecule has 0 bridgehead atoms. The normalized spacial score (nSPS) is 10.2. The van der Waals surface area contributed by atoms with Crippen molar-refractivity contribution in [3.05, 3.63) is 47.9 Å². The molecule has 17 heavy (non-hydrogen) atoms. The molecule has 0 aliphatic rings. The van der Waals surface area contributed by atoms with E-state index in [1.807, 2.05) is 37.4 Å². The summed E-state index contributed by atoms with van der Waals surface area (Å²) in [5, 5.41) is 2.79. The Morgan fingerprint density at radius 1 is 1.24 bits per heavy atom. The van der Waals surface area contributed by atoms with Crippen LogP contribution in [0.25, 0.3) is 0 Å². The van der Waals surface area contributed by atoms with Crippen molar-refractivity contribution in [3.63, 3.8) is 0 Å². The summed E-state index contributed by atoms with van der Waals surface area (Å²) in [7, 11) is 0. The Morgan fingerprint density at radius 2 is 1.94 bits per heavy atom. The number of anilines is 1. The number of nitrogens with one attached hydrogen (secondary N) is 1. The number of thioether (sulfide) groups is 1. The SMILES string of the molecule is CSc1ccc(NC(=O)c2occc2C)cc1. The maximum absolute atomic E-state index is 11.8. The van der Waals surface area contributed by atoms with Crippen LogP contribution >= 0.6 is 11.8 Å². The first-order valence-electron chi connectivity index (χ1n) is 5.20. The van der Waals surface area contributed by atoms with Crippen molar-refractivity contribution in [2.45, 2.75) is 11.8 Å². The first kappa shape index (κ1) is 11.8. The van der Waals surface area contributed by atoms with Crippen molar-refractivity contribution >= 4 is 23.4 Å². The predicted molar refractivity (Wildman–Crippen MR) is 69.6 cm³/mol. The van der Waals surface area contributed by atoms with Crippen LogP contribution in [-0.2, 0) is 0 Å². The van der Waals surface area contributed by atoms with Gasteiger partial charge in [-0.2, -0.15) is 0 Å². The van der Waals surface area contributed by atoms with E-state index in [1.165, 1.54) is 6.26 Å². The van der Waals surface area contributed by atoms with Crippen molar-refractivity contribution in [1.82, 2.24) is 0 Å². The number of hydrogen-bond acceptors (Lipinski definition) is 3. The Kier molecular flexibility index (Phi) is 3.54. The van der Waals surface area contributed by atoms with Crippen LogP contribution in [0.2, 0.25) is 0 Å². The van der Waals surface area contributed by atoms with Crippen molar-refractivity contribution < 1.29 is 9.21 Å². The van der Waals surface area contributed by atoms with E-state index in [1.54, 1.807) is 17.8 Å². The summed E-state index contributed by atoms with van der Waals surface area (Å²) in [6.07, 6.45) is 3.53. The number of benzene rings is 1. The number of hydrogen-bond donors (Lipinski definition) is 1. The zero-order valence-electron chi connectivity index (χ0n) is 9.69. The standard InChI is InChI=1S/C13H13NO2S/c1-9-7-8-16-12(9)13(15)14-10-3-5-11(17-2)6-4-10/h3-8H,1-2H3,(H,14,15). The monoisotopic (exact) mass is 247 g/mol. The van der Waals surface area contributed by atoms with Gasteiger partial charge in [-0.05, 0) is 43.5 Å². The third-order valence-corrected chi connectivity index (χ3v) is 3.16. The molecule has 1 aromatic carbocycles. The molecule has 4 heteroatoms. The zero-order valence-corrected chi connectivity index (χ0v) is 10.5. The lowest BCUT2D eigenvalue weighted by Gasteiger charge is -2.04. The van der Waals surface area contributed by atoms with E-state index in [0.29, 0.717) is 5.76 Å². The molecular weight excluding hydrogens is 234 g/mol. The van der Waals surface area contributed by atoms with Crippen molar-refractivity contribution in [2.75, 3.05) is 11.6 Å². The minimum absolute atomic E-state index is 0.218. The molecular formula is C13H13NO2S. The predicted octanol–water partition coefficient (Wildman–Crippen LogP) is 3.56. The molecule has 2 rings (SSSR count). The van der Waals surface area contributed by atoms with Crippen LogP contribution in [0.3, 0.4) is 0 Å². The summed E-state index contributed by atoms with van der Waals surface area (Å²) in [6, 6.07) is 9.46. The van der Waals surface area contributed by atoms with Gasteiger partial charge in [0, 0.05) is 16.1 Å². The molecule has 88 valence electrons. The lowest BCUT2D eigenvalue weighted by Crippen LogP contribution is -2.11. The number of carbonyl (C=O) groups excluding carboxylic acids is 1. The van der Waals surface area contributed by atoms with Crippen LogP contribution in [0.15, 0.2) is 45.9 Å². The number of amides is 1. The van der Waals surface area contributed by atoms with Crippen molar-refractivity contribution in [2.24, 2.45) is 0 Å². The Bertz CT molecular complexity index is 516. The van der Waals surface area contributed by atoms with Crippen LogP contribution < -0.4 is 5.32 Å². The summed E-state index contributed by atoms with van der Waals surface area (Å²) >= 11 is 1.67. The van der Waals surface area contributed by atoms with Gasteiger partial charge in [-0.15, -0.1) is 11.8 Å². The van der Waals surface area contributed by atoms with E-state index < -0.39 is 0 Å². The summed E-state index contributed by atoms with van der Waals surface area (Å²) in [4.78, 5) is 13.0. The molecule has 3 nitrogen and oxygen atoms in total. The molecule has 0 unspecified atom stereocenters. The molecule has 1 amide bonds. The van der Waals surface area contributed by atoms with Crippen LogP contribution in [0.4, 0.5) is 5.69 Å². The quantitative estimate of drug-likeness (QED) is 0.843. The molecule has 1 aromatic heterocycles. The Balaban J connectivity index is 2.10. The highest BCUT2D eigenvalue weighted by atomic mass is 32.2. The van der Waals surface area contributed by atoms with Crippen molar-refractivity contribution in [3.8, 4) is 0 Å². The molecule has 0 fully saturated rings. The van der Waals surface area contributed by atoms with Gasteiger partial charge < -0.3 is 9.73 Å². The lowest BCUT2D eigenvalue weighted by atomic mass is 10.2. The van der Waals surface area contributed by atoms with Gasteiger partial charge in [0.25, 0.3) is 5.91 Å². The second kappa shape index (κ2) is 5.10. The van der Waals surface area contributed by atoms with Gasteiger partial charge >= 0.3 is 0 Å². The molecule has 0 aliphatic heterocycles. The number of rotatable bonds is 3. The first-order chi connectivity index (χ1) is 8.20. The number of aryl methyl sites for hydroxylation is 1. The molecule has 2 aromatic rings.